The van der Waals surface area contributed by atoms with Gasteiger partial charge in [-0.1, -0.05) is 140 Å². The summed E-state index contributed by atoms with van der Waals surface area (Å²) in [7, 11) is 0. The quantitative estimate of drug-likeness (QED) is 0.180. The largest absolute Gasteiger partial charge is 0.208 e. The average molecular weight is 642 g/mol. The Morgan fingerprint density at radius 3 is 1.53 bits per heavy atom. The fourth-order valence-electron chi connectivity index (χ4n) is 7.22. The van der Waals surface area contributed by atoms with E-state index < -0.39 is 0 Å². The second-order valence-electron chi connectivity index (χ2n) is 12.4. The fraction of sp³-hybridized carbons (Fsp3) is 0. The van der Waals surface area contributed by atoms with Gasteiger partial charge in [-0.05, 0) is 67.7 Å². The number of nitrogens with zero attached hydrogens (tertiary/aromatic N) is 3. The van der Waals surface area contributed by atoms with Crippen molar-refractivity contribution in [2.24, 2.45) is 0 Å². The van der Waals surface area contributed by atoms with Crippen LogP contribution < -0.4 is 0 Å². The van der Waals surface area contributed by atoms with Crippen molar-refractivity contribution in [1.82, 2.24) is 15.0 Å². The lowest BCUT2D eigenvalue weighted by molar-refractivity contribution is 1.07. The van der Waals surface area contributed by atoms with E-state index in [1.54, 1.807) is 0 Å². The second-order valence-corrected chi connectivity index (χ2v) is 13.5. The summed E-state index contributed by atoms with van der Waals surface area (Å²) in [5.74, 6) is 1.97. The van der Waals surface area contributed by atoms with Crippen LogP contribution in [0, 0.1) is 0 Å². The molecule has 228 valence electrons. The molecule has 0 unspecified atom stereocenters. The highest BCUT2D eigenvalue weighted by Crippen LogP contribution is 2.43. The molecule has 49 heavy (non-hydrogen) atoms. The highest BCUT2D eigenvalue weighted by atomic mass is 32.1. The van der Waals surface area contributed by atoms with Gasteiger partial charge in [-0.15, -0.1) is 11.3 Å². The van der Waals surface area contributed by atoms with E-state index in [1.165, 1.54) is 63.6 Å². The summed E-state index contributed by atoms with van der Waals surface area (Å²) in [4.78, 5) is 15.0. The third kappa shape index (κ3) is 4.61. The molecule has 0 atom stereocenters. The average Bonchev–Trinajstić information content (AvgIpc) is 3.56. The molecule has 3 nitrogen and oxygen atoms in total. The molecule has 0 aliphatic carbocycles. The Morgan fingerprint density at radius 2 is 0.816 bits per heavy atom. The van der Waals surface area contributed by atoms with E-state index in [0.29, 0.717) is 17.5 Å². The predicted octanol–water partition coefficient (Wildman–Crippen LogP) is 12.4. The molecule has 0 amide bonds. The first-order valence-corrected chi connectivity index (χ1v) is 17.3. The molecule has 4 heteroatoms. The highest BCUT2D eigenvalue weighted by Gasteiger charge is 2.17. The summed E-state index contributed by atoms with van der Waals surface area (Å²) in [5, 5.41) is 9.96. The zero-order valence-corrected chi connectivity index (χ0v) is 27.2. The van der Waals surface area contributed by atoms with Gasteiger partial charge >= 0.3 is 0 Å². The lowest BCUT2D eigenvalue weighted by atomic mass is 9.88. The molecule has 0 fully saturated rings. The molecule has 0 aliphatic rings. The van der Waals surface area contributed by atoms with E-state index in [2.05, 4.69) is 103 Å². The summed E-state index contributed by atoms with van der Waals surface area (Å²) in [6.45, 7) is 0. The van der Waals surface area contributed by atoms with Gasteiger partial charge in [-0.25, -0.2) is 15.0 Å². The maximum Gasteiger partial charge on any atom is 0.164 e. The van der Waals surface area contributed by atoms with Gasteiger partial charge in [0.1, 0.15) is 0 Å². The van der Waals surface area contributed by atoms with Crippen LogP contribution in [0.3, 0.4) is 0 Å². The number of fused-ring (bicyclic) bond motifs is 9. The van der Waals surface area contributed by atoms with Crippen molar-refractivity contribution in [3.63, 3.8) is 0 Å². The van der Waals surface area contributed by atoms with E-state index in [1.807, 2.05) is 72.0 Å². The Hall–Kier alpha value is -6.23. The number of aromatic nitrogens is 3. The smallest absolute Gasteiger partial charge is 0.164 e. The fourth-order valence-corrected chi connectivity index (χ4v) is 8.30. The Bertz CT molecular complexity index is 2820. The molecule has 0 aliphatic heterocycles. The molecule has 0 radical (unpaired) electrons. The van der Waals surface area contributed by atoms with Crippen LogP contribution in [0.4, 0.5) is 0 Å². The summed E-state index contributed by atoms with van der Waals surface area (Å²) in [5.41, 5.74) is 5.33. The van der Waals surface area contributed by atoms with Crippen LogP contribution in [0.2, 0.25) is 0 Å². The van der Waals surface area contributed by atoms with Crippen LogP contribution in [0.1, 0.15) is 0 Å². The van der Waals surface area contributed by atoms with Gasteiger partial charge in [0, 0.05) is 36.9 Å². The van der Waals surface area contributed by atoms with Gasteiger partial charge in [0.2, 0.25) is 0 Å². The maximum absolute atomic E-state index is 5.04. The zero-order chi connectivity index (χ0) is 32.3. The molecule has 10 rings (SSSR count). The van der Waals surface area contributed by atoms with E-state index in [0.717, 1.165) is 16.7 Å². The third-order valence-corrected chi connectivity index (χ3v) is 10.7. The normalized spacial score (nSPS) is 11.7. The minimum Gasteiger partial charge on any atom is -0.208 e. The molecule has 8 aromatic carbocycles. The van der Waals surface area contributed by atoms with E-state index in [-0.39, 0.29) is 0 Å². The molecule has 10 aromatic rings. The van der Waals surface area contributed by atoms with Gasteiger partial charge in [0.05, 0.1) is 0 Å². The van der Waals surface area contributed by atoms with Crippen LogP contribution in [-0.4, -0.2) is 15.0 Å². The SMILES string of the molecule is c1ccc(-c2nc(-c3ccccc3)nc(-c3ccc4c(c3)c3ccccc3c3cccc(-c5ccc6sc7ccccc7c6c5)c34)n2)cc1. The lowest BCUT2D eigenvalue weighted by Crippen LogP contribution is -2.00. The maximum atomic E-state index is 5.04. The van der Waals surface area contributed by atoms with Gasteiger partial charge in [0.15, 0.2) is 17.5 Å². The minimum atomic E-state index is 0.654. The predicted molar refractivity (Wildman–Crippen MR) is 207 cm³/mol. The van der Waals surface area contributed by atoms with Crippen molar-refractivity contribution in [1.29, 1.82) is 0 Å². The highest BCUT2D eigenvalue weighted by molar-refractivity contribution is 7.25. The molecule has 0 bridgehead atoms. The first-order valence-electron chi connectivity index (χ1n) is 16.4. The Kier molecular flexibility index (Phi) is 6.36. The first kappa shape index (κ1) is 27.8. The lowest BCUT2D eigenvalue weighted by Gasteiger charge is -2.15. The topological polar surface area (TPSA) is 38.7 Å². The van der Waals surface area contributed by atoms with Crippen LogP contribution >= 0.6 is 11.3 Å². The third-order valence-electron chi connectivity index (χ3n) is 9.51. The number of hydrogen-bond acceptors (Lipinski definition) is 4. The molecule has 2 heterocycles. The van der Waals surface area contributed by atoms with Crippen molar-refractivity contribution in [2.45, 2.75) is 0 Å². The van der Waals surface area contributed by atoms with Gasteiger partial charge in [0.25, 0.3) is 0 Å². The Balaban J connectivity index is 1.23. The Labute approximate surface area is 286 Å². The van der Waals surface area contributed by atoms with Crippen molar-refractivity contribution in [2.75, 3.05) is 0 Å². The van der Waals surface area contributed by atoms with Crippen LogP contribution in [0.15, 0.2) is 164 Å². The molecule has 0 N–H and O–H groups in total. The number of hydrogen-bond donors (Lipinski definition) is 0. The molecule has 0 saturated heterocycles. The molecule has 2 aromatic heterocycles. The second kappa shape index (κ2) is 11.2. The standard InChI is InChI=1S/C45H27N3S/c1-3-12-28(13-4-1)43-46-44(29-14-5-2-6-15-29)48-45(47-43)31-22-24-37-38(27-31)34-17-8-7-16-33(34)36-20-11-19-32(42(36)37)30-23-25-41-39(26-30)35-18-9-10-21-40(35)49-41/h1-27H. The van der Waals surface area contributed by atoms with Crippen molar-refractivity contribution in [3.8, 4) is 45.3 Å². The van der Waals surface area contributed by atoms with Crippen molar-refractivity contribution in [3.05, 3.63) is 164 Å². The number of rotatable bonds is 4. The van der Waals surface area contributed by atoms with Crippen molar-refractivity contribution < 1.29 is 0 Å². The molecule has 0 spiro atoms. The minimum absolute atomic E-state index is 0.654. The first-order chi connectivity index (χ1) is 24.3. The van der Waals surface area contributed by atoms with Gasteiger partial charge in [-0.2, -0.15) is 0 Å². The van der Waals surface area contributed by atoms with Gasteiger partial charge < -0.3 is 0 Å². The number of thiophene rings is 1. The molecular weight excluding hydrogens is 615 g/mol. The summed E-state index contributed by atoms with van der Waals surface area (Å²) < 4.78 is 2.63. The molecule has 0 saturated carbocycles. The summed E-state index contributed by atoms with van der Waals surface area (Å²) in [6.07, 6.45) is 0. The zero-order valence-electron chi connectivity index (χ0n) is 26.3. The van der Waals surface area contributed by atoms with Gasteiger partial charge in [-0.3, -0.25) is 0 Å². The van der Waals surface area contributed by atoms with Crippen LogP contribution in [-0.2, 0) is 0 Å². The summed E-state index contributed by atoms with van der Waals surface area (Å²) in [6, 6.07) is 58.1. The summed E-state index contributed by atoms with van der Waals surface area (Å²) >= 11 is 1.86. The van der Waals surface area contributed by atoms with Crippen LogP contribution in [0.5, 0.6) is 0 Å². The van der Waals surface area contributed by atoms with E-state index in [9.17, 15) is 0 Å². The number of benzene rings is 8. The van der Waals surface area contributed by atoms with E-state index in [4.69, 9.17) is 15.0 Å². The monoisotopic (exact) mass is 641 g/mol. The van der Waals surface area contributed by atoms with Crippen LogP contribution in [0.25, 0.3) is 97.8 Å². The Morgan fingerprint density at radius 1 is 0.306 bits per heavy atom. The molecular formula is C45H27N3S. The van der Waals surface area contributed by atoms with Crippen molar-refractivity contribution >= 4 is 63.8 Å². The van der Waals surface area contributed by atoms with E-state index >= 15 is 0 Å².